The molecule has 1 amide bonds. The number of halogens is 2. The molecule has 0 unspecified atom stereocenters. The molecule has 0 bridgehead atoms. The van der Waals surface area contributed by atoms with Gasteiger partial charge in [0, 0.05) is 13.0 Å². The number of pyridine rings is 1. The molecule has 190 valence electrons. The molecule has 8 nitrogen and oxygen atoms in total. The van der Waals surface area contributed by atoms with Crippen LogP contribution in [0.1, 0.15) is 22.3 Å². The second-order valence-corrected chi connectivity index (χ2v) is 8.52. The van der Waals surface area contributed by atoms with Gasteiger partial charge in [0.1, 0.15) is 23.4 Å². The van der Waals surface area contributed by atoms with Crippen molar-refractivity contribution in [3.8, 4) is 11.5 Å². The van der Waals surface area contributed by atoms with E-state index < -0.39 is 17.9 Å². The van der Waals surface area contributed by atoms with Crippen molar-refractivity contribution in [3.63, 3.8) is 0 Å². The third kappa shape index (κ3) is 7.76. The number of hydrogen-bond acceptors (Lipinski definition) is 7. The van der Waals surface area contributed by atoms with Crippen LogP contribution in [0.5, 0.6) is 11.5 Å². The lowest BCUT2D eigenvalue weighted by Crippen LogP contribution is -2.43. The van der Waals surface area contributed by atoms with Crippen LogP contribution >= 0.6 is 23.2 Å². The Morgan fingerprint density at radius 3 is 2.28 bits per heavy atom. The molecule has 1 atom stereocenters. The van der Waals surface area contributed by atoms with Crippen LogP contribution in [0.2, 0.25) is 10.0 Å². The number of methoxy groups -OCH3 is 2. The lowest BCUT2D eigenvalue weighted by molar-refractivity contribution is -0.142. The molecule has 0 aliphatic heterocycles. The van der Waals surface area contributed by atoms with Crippen LogP contribution in [0.4, 0.5) is 5.82 Å². The van der Waals surface area contributed by atoms with E-state index in [9.17, 15) is 9.59 Å². The molecule has 10 heteroatoms. The maximum atomic E-state index is 12.7. The van der Waals surface area contributed by atoms with E-state index in [0.717, 1.165) is 17.8 Å². The van der Waals surface area contributed by atoms with E-state index in [0.29, 0.717) is 24.7 Å². The summed E-state index contributed by atoms with van der Waals surface area (Å²) >= 11 is 12.2. The van der Waals surface area contributed by atoms with Crippen LogP contribution in [0, 0.1) is 0 Å². The summed E-state index contributed by atoms with van der Waals surface area (Å²) < 4.78 is 15.7. The summed E-state index contributed by atoms with van der Waals surface area (Å²) in [6.07, 6.45) is 2.65. The van der Waals surface area contributed by atoms with Crippen molar-refractivity contribution in [2.45, 2.75) is 18.9 Å². The normalized spacial score (nSPS) is 11.3. The van der Waals surface area contributed by atoms with Gasteiger partial charge in [-0.05, 0) is 48.4 Å². The molecular weight excluding hydrogens is 505 g/mol. The van der Waals surface area contributed by atoms with Crippen LogP contribution in [0.25, 0.3) is 0 Å². The van der Waals surface area contributed by atoms with Gasteiger partial charge in [-0.2, -0.15) is 0 Å². The van der Waals surface area contributed by atoms with Gasteiger partial charge in [0.05, 0.1) is 42.6 Å². The van der Waals surface area contributed by atoms with Gasteiger partial charge in [-0.15, -0.1) is 0 Å². The van der Waals surface area contributed by atoms with Crippen LogP contribution in [-0.4, -0.2) is 50.3 Å². The monoisotopic (exact) mass is 531 g/mol. The Kier molecular flexibility index (Phi) is 10.2. The molecule has 36 heavy (non-hydrogen) atoms. The molecule has 1 heterocycles. The van der Waals surface area contributed by atoms with Gasteiger partial charge in [-0.1, -0.05) is 41.4 Å². The minimum atomic E-state index is -0.917. The van der Waals surface area contributed by atoms with Gasteiger partial charge < -0.3 is 24.8 Å². The Morgan fingerprint density at radius 2 is 1.67 bits per heavy atom. The number of rotatable bonds is 12. The fourth-order valence-corrected chi connectivity index (χ4v) is 3.89. The first-order valence-electron chi connectivity index (χ1n) is 11.2. The molecule has 0 saturated heterocycles. The average molecular weight is 532 g/mol. The molecule has 2 N–H and O–H groups in total. The molecule has 3 rings (SSSR count). The number of nitrogens with one attached hydrogen (secondary N) is 2. The first-order chi connectivity index (χ1) is 17.4. The summed E-state index contributed by atoms with van der Waals surface area (Å²) in [6.45, 7) is 1.22. The molecule has 0 saturated carbocycles. The van der Waals surface area contributed by atoms with Crippen molar-refractivity contribution in [1.82, 2.24) is 10.3 Å². The van der Waals surface area contributed by atoms with E-state index in [-0.39, 0.29) is 22.0 Å². The third-order valence-electron chi connectivity index (χ3n) is 5.21. The maximum absolute atomic E-state index is 12.7. The molecule has 0 spiro atoms. The Labute approximate surface area is 219 Å². The summed E-state index contributed by atoms with van der Waals surface area (Å²) in [5.74, 6) is 1.04. The SMILES string of the molecule is COC(=O)[C@H](Cc1ccc(OCCCNc2ccc(OC)cn2)cc1)NC(=O)c1c(Cl)cccc1Cl. The highest BCUT2D eigenvalue weighted by Crippen LogP contribution is 2.24. The highest BCUT2D eigenvalue weighted by atomic mass is 35.5. The van der Waals surface area contributed by atoms with Gasteiger partial charge in [0.25, 0.3) is 5.91 Å². The molecule has 0 aliphatic carbocycles. The zero-order valence-electron chi connectivity index (χ0n) is 19.9. The molecule has 3 aromatic rings. The van der Waals surface area contributed by atoms with Crippen molar-refractivity contribution >= 4 is 40.9 Å². The number of amides is 1. The minimum Gasteiger partial charge on any atom is -0.495 e. The number of hydrogen-bond donors (Lipinski definition) is 2. The van der Waals surface area contributed by atoms with Crippen LogP contribution in [0.3, 0.4) is 0 Å². The van der Waals surface area contributed by atoms with Gasteiger partial charge in [0.15, 0.2) is 0 Å². The predicted molar refractivity (Wildman–Crippen MR) is 139 cm³/mol. The topological polar surface area (TPSA) is 98.8 Å². The van der Waals surface area contributed by atoms with Crippen molar-refractivity contribution in [2.24, 2.45) is 0 Å². The number of aromatic nitrogens is 1. The fraction of sp³-hybridized carbons (Fsp3) is 0.269. The van der Waals surface area contributed by atoms with E-state index in [1.54, 1.807) is 31.5 Å². The zero-order valence-corrected chi connectivity index (χ0v) is 21.4. The maximum Gasteiger partial charge on any atom is 0.328 e. The smallest absolute Gasteiger partial charge is 0.328 e. The van der Waals surface area contributed by atoms with E-state index in [2.05, 4.69) is 15.6 Å². The minimum absolute atomic E-state index is 0.107. The van der Waals surface area contributed by atoms with Gasteiger partial charge in [-0.25, -0.2) is 9.78 Å². The van der Waals surface area contributed by atoms with Crippen molar-refractivity contribution < 1.29 is 23.8 Å². The average Bonchev–Trinajstić information content (AvgIpc) is 2.88. The molecule has 0 fully saturated rings. The molecule has 2 aromatic carbocycles. The molecule has 1 aromatic heterocycles. The second-order valence-electron chi connectivity index (χ2n) is 7.71. The molecule has 0 radical (unpaired) electrons. The number of carbonyl (C=O) groups excluding carboxylic acids is 2. The predicted octanol–water partition coefficient (Wildman–Crippen LogP) is 4.79. The lowest BCUT2D eigenvalue weighted by Gasteiger charge is -2.18. The quantitative estimate of drug-likeness (QED) is 0.256. The first-order valence-corrected chi connectivity index (χ1v) is 11.9. The number of anilines is 1. The van der Waals surface area contributed by atoms with Crippen LogP contribution < -0.4 is 20.1 Å². The Bertz CT molecular complexity index is 1140. The third-order valence-corrected chi connectivity index (χ3v) is 5.84. The Balaban J connectivity index is 1.49. The summed E-state index contributed by atoms with van der Waals surface area (Å²) in [5, 5.41) is 6.28. The van der Waals surface area contributed by atoms with Crippen molar-refractivity contribution in [1.29, 1.82) is 0 Å². The highest BCUT2D eigenvalue weighted by Gasteiger charge is 2.25. The Morgan fingerprint density at radius 1 is 0.972 bits per heavy atom. The highest BCUT2D eigenvalue weighted by molar-refractivity contribution is 6.39. The Hall–Kier alpha value is -3.49. The number of benzene rings is 2. The summed E-state index contributed by atoms with van der Waals surface area (Å²) in [4.78, 5) is 29.3. The van der Waals surface area contributed by atoms with Gasteiger partial charge in [-0.3, -0.25) is 4.79 Å². The van der Waals surface area contributed by atoms with E-state index in [4.69, 9.17) is 37.4 Å². The molecular formula is C26H27Cl2N3O5. The van der Waals surface area contributed by atoms with E-state index in [1.807, 2.05) is 36.4 Å². The van der Waals surface area contributed by atoms with Crippen LogP contribution in [0.15, 0.2) is 60.8 Å². The van der Waals surface area contributed by atoms with E-state index in [1.165, 1.54) is 7.11 Å². The van der Waals surface area contributed by atoms with Crippen LogP contribution in [-0.2, 0) is 16.0 Å². The van der Waals surface area contributed by atoms with E-state index >= 15 is 0 Å². The van der Waals surface area contributed by atoms with Crippen molar-refractivity contribution in [2.75, 3.05) is 32.7 Å². The van der Waals surface area contributed by atoms with Crippen molar-refractivity contribution in [3.05, 3.63) is 82.0 Å². The number of carbonyl (C=O) groups is 2. The number of esters is 1. The first kappa shape index (κ1) is 27.1. The summed E-state index contributed by atoms with van der Waals surface area (Å²) in [6, 6.07) is 14.8. The number of nitrogens with zero attached hydrogens (tertiary/aromatic N) is 1. The second kappa shape index (κ2) is 13.6. The van der Waals surface area contributed by atoms with Gasteiger partial charge >= 0.3 is 5.97 Å². The fourth-order valence-electron chi connectivity index (χ4n) is 3.32. The summed E-state index contributed by atoms with van der Waals surface area (Å²) in [7, 11) is 2.86. The number of ether oxygens (including phenoxy) is 3. The summed E-state index contributed by atoms with van der Waals surface area (Å²) in [5.41, 5.74) is 0.922. The largest absolute Gasteiger partial charge is 0.495 e. The lowest BCUT2D eigenvalue weighted by atomic mass is 10.0. The molecule has 0 aliphatic rings. The van der Waals surface area contributed by atoms with Gasteiger partial charge in [0.2, 0.25) is 0 Å². The standard InChI is InChI=1S/C26H27Cl2N3O5/c1-34-19-11-12-23(30-16-19)29-13-4-14-36-18-9-7-17(8-10-18)15-22(26(33)35-2)31-25(32)24-20(27)5-3-6-21(24)28/h3,5-12,16,22H,4,13-15H2,1-2H3,(H,29,30)(H,31,32)/t22-/m0/s1. The zero-order chi connectivity index (χ0) is 25.9.